The first-order valence-corrected chi connectivity index (χ1v) is 9.14. The molecule has 33 heavy (non-hydrogen) atoms. The molecule has 8 nitrogen and oxygen atoms in total. The molecule has 6 heterocycles. The zero-order valence-corrected chi connectivity index (χ0v) is 25.1. The van der Waals surface area contributed by atoms with E-state index in [1.165, 1.54) is 0 Å². The largest absolute Gasteiger partial charge is 0.315 e. The zero-order valence-electron chi connectivity index (χ0n) is 17.1. The van der Waals surface area contributed by atoms with Crippen LogP contribution in [0.4, 0.5) is 0 Å². The molecule has 0 unspecified atom stereocenters. The van der Waals surface area contributed by atoms with Gasteiger partial charge < -0.3 is 8.80 Å². The minimum absolute atomic E-state index is 0. The number of hydrogen-bond acceptors (Lipinski definition) is 6. The monoisotopic (exact) mass is 763 g/mol. The maximum Gasteiger partial charge on any atom is 0.184 e. The molecular weight excluding hydrogens is 749 g/mol. The van der Waals surface area contributed by atoms with Crippen LogP contribution in [0.15, 0.2) is 85.5 Å². The topological polar surface area (TPSA) is 86.2 Å². The van der Waals surface area contributed by atoms with E-state index in [1.807, 2.05) is 69.5 Å². The van der Waals surface area contributed by atoms with E-state index in [1.54, 1.807) is 24.8 Å². The Balaban J connectivity index is 0.000000214. The average Bonchev–Trinajstić information content (AvgIpc) is 3.45. The van der Waals surface area contributed by atoms with Crippen LogP contribution < -0.4 is 0 Å². The molecule has 0 aliphatic heterocycles. The van der Waals surface area contributed by atoms with Crippen molar-refractivity contribution < 1.29 is 86.5 Å². The van der Waals surface area contributed by atoms with Gasteiger partial charge in [0.1, 0.15) is 11.4 Å². The van der Waals surface area contributed by atoms with Crippen molar-refractivity contribution in [3.05, 3.63) is 97.6 Å². The second-order valence-corrected chi connectivity index (χ2v) is 6.19. The minimum atomic E-state index is 0. The number of nitrogens with zero attached hydrogens (tertiary/aromatic N) is 8. The summed E-state index contributed by atoms with van der Waals surface area (Å²) in [6.07, 6.45) is 7.09. The molecule has 0 aliphatic rings. The summed E-state index contributed by atoms with van der Waals surface area (Å²) in [6, 6.07) is 24.7. The number of fused-ring (bicyclic) bond motifs is 2. The van der Waals surface area contributed by atoms with E-state index in [4.69, 9.17) is 0 Å². The summed E-state index contributed by atoms with van der Waals surface area (Å²) in [4.78, 5) is 8.47. The molecule has 6 aromatic rings. The van der Waals surface area contributed by atoms with Gasteiger partial charge in [-0.05, 0) is 24.3 Å². The van der Waals surface area contributed by atoms with Gasteiger partial charge in [0.25, 0.3) is 0 Å². The molecule has 2 radical (unpaired) electrons. The van der Waals surface area contributed by atoms with E-state index in [2.05, 4.69) is 42.5 Å². The fraction of sp³-hybridized carbons (Fsp3) is 0. The van der Waals surface area contributed by atoms with E-state index in [-0.39, 0.29) is 86.5 Å². The van der Waals surface area contributed by atoms with Crippen molar-refractivity contribution in [3.63, 3.8) is 0 Å². The Bertz CT molecular complexity index is 1300. The minimum Gasteiger partial charge on any atom is -0.315 e. The van der Waals surface area contributed by atoms with Crippen LogP contribution in [0, 0.1) is 12.1 Å². The number of aromatic nitrogens is 8. The summed E-state index contributed by atoms with van der Waals surface area (Å²) in [5.74, 6) is 1.48. The van der Waals surface area contributed by atoms with Gasteiger partial charge in [-0.3, -0.25) is 9.97 Å². The Kier molecular flexibility index (Phi) is 11.2. The molecule has 0 bridgehead atoms. The summed E-state index contributed by atoms with van der Waals surface area (Å²) in [6.45, 7) is 0. The van der Waals surface area contributed by atoms with Crippen molar-refractivity contribution in [2.45, 2.75) is 0 Å². The maximum absolute atomic E-state index is 4.23. The number of hydrogen-bond donors (Lipinski definition) is 0. The molecule has 0 aromatic carbocycles. The van der Waals surface area contributed by atoms with Gasteiger partial charge in [0.15, 0.2) is 11.6 Å². The molecule has 0 aliphatic carbocycles. The van der Waals surface area contributed by atoms with E-state index >= 15 is 0 Å². The third-order valence-corrected chi connectivity index (χ3v) is 4.30. The second-order valence-electron chi connectivity index (χ2n) is 6.19. The van der Waals surface area contributed by atoms with Crippen LogP contribution in [0.2, 0.25) is 0 Å². The van der Waals surface area contributed by atoms with Gasteiger partial charge >= 0.3 is 0 Å². The van der Waals surface area contributed by atoms with Crippen LogP contribution in [0.5, 0.6) is 0 Å². The Morgan fingerprint density at radius 3 is 1.42 bits per heavy atom. The average molecular weight is 763 g/mol. The normalized spacial score (nSPS) is 9.70. The fourth-order valence-corrected chi connectivity index (χ4v) is 2.91. The Hall–Kier alpha value is -1.56. The molecule has 160 valence electrons. The molecule has 6 rings (SSSR count). The van der Waals surface area contributed by atoms with E-state index in [9.17, 15) is 0 Å². The van der Waals surface area contributed by atoms with E-state index < -0.39 is 0 Å². The molecular formula is C22H14N8PtY2-2. The van der Waals surface area contributed by atoms with Crippen LogP contribution in [0.3, 0.4) is 0 Å². The van der Waals surface area contributed by atoms with Gasteiger partial charge in [-0.25, -0.2) is 24.3 Å². The Labute approximate surface area is 254 Å². The molecule has 11 heteroatoms. The fourth-order valence-electron chi connectivity index (χ4n) is 2.91. The summed E-state index contributed by atoms with van der Waals surface area (Å²) < 4.78 is 3.73. The van der Waals surface area contributed by atoms with Crippen LogP contribution in [-0.4, -0.2) is 39.2 Å². The molecule has 0 N–H and O–H groups in total. The van der Waals surface area contributed by atoms with E-state index in [0.717, 1.165) is 34.3 Å². The van der Waals surface area contributed by atoms with Crippen LogP contribution >= 0.6 is 0 Å². The molecule has 0 atom stereocenters. The van der Waals surface area contributed by atoms with Crippen molar-refractivity contribution in [2.24, 2.45) is 0 Å². The third-order valence-electron chi connectivity index (χ3n) is 4.30. The van der Waals surface area contributed by atoms with Crippen molar-refractivity contribution in [1.29, 1.82) is 0 Å². The number of pyridine rings is 4. The first kappa shape index (κ1) is 27.7. The van der Waals surface area contributed by atoms with Crippen molar-refractivity contribution >= 4 is 11.3 Å². The predicted octanol–water partition coefficient (Wildman–Crippen LogP) is 3.18. The second kappa shape index (κ2) is 13.4. The van der Waals surface area contributed by atoms with Crippen molar-refractivity contribution in [1.82, 2.24) is 39.2 Å². The van der Waals surface area contributed by atoms with Gasteiger partial charge in [0.05, 0.1) is 11.3 Å². The van der Waals surface area contributed by atoms with Gasteiger partial charge in [-0.15, -0.1) is 10.2 Å². The molecule has 0 amide bonds. The maximum atomic E-state index is 4.23. The molecule has 0 saturated carbocycles. The smallest absolute Gasteiger partial charge is 0.184 e. The van der Waals surface area contributed by atoms with Crippen LogP contribution in [-0.2, 0) is 86.5 Å². The van der Waals surface area contributed by atoms with Crippen molar-refractivity contribution in [3.8, 4) is 23.0 Å². The third kappa shape index (κ3) is 6.31. The molecule has 0 spiro atoms. The van der Waals surface area contributed by atoms with Crippen molar-refractivity contribution in [2.75, 3.05) is 0 Å². The van der Waals surface area contributed by atoms with Crippen LogP contribution in [0.25, 0.3) is 34.3 Å². The Morgan fingerprint density at radius 2 is 1.03 bits per heavy atom. The van der Waals surface area contributed by atoms with Gasteiger partial charge in [0, 0.05) is 98.9 Å². The van der Waals surface area contributed by atoms with Gasteiger partial charge in [-0.1, -0.05) is 24.5 Å². The van der Waals surface area contributed by atoms with Crippen LogP contribution in [0.1, 0.15) is 0 Å². The van der Waals surface area contributed by atoms with E-state index in [0.29, 0.717) is 0 Å². The summed E-state index contributed by atoms with van der Waals surface area (Å²) in [5, 5.41) is 16.3. The quantitative estimate of drug-likeness (QED) is 0.252. The standard InChI is InChI=1S/2C11H7N4.Pt.2Y/c2*1-3-7-12-9(5-1)11-14-13-10-6-2-4-8-15(10)11;;;/h2*1-3,5-8H;;;/q2*-1;;;. The molecule has 0 fully saturated rings. The first-order chi connectivity index (χ1) is 14.9. The molecule has 0 saturated heterocycles. The van der Waals surface area contributed by atoms with Gasteiger partial charge in [0.2, 0.25) is 0 Å². The zero-order chi connectivity index (χ0) is 20.2. The summed E-state index contributed by atoms with van der Waals surface area (Å²) >= 11 is 0. The predicted molar refractivity (Wildman–Crippen MR) is 110 cm³/mol. The molecule has 6 aromatic heterocycles. The number of rotatable bonds is 2. The Morgan fingerprint density at radius 1 is 0.576 bits per heavy atom. The van der Waals surface area contributed by atoms with Gasteiger partial charge in [-0.2, -0.15) is 22.3 Å². The first-order valence-electron chi connectivity index (χ1n) is 9.14. The summed E-state index contributed by atoms with van der Waals surface area (Å²) in [5.41, 5.74) is 3.22. The SMILES string of the molecule is [Pt].[Y].[Y].[c-]1ccc2nnc(-c3ccccn3)n2c1.[c-]1ccc2nnc(-c3ccccn3)n2c1. The summed E-state index contributed by atoms with van der Waals surface area (Å²) in [7, 11) is 0.